The minimum atomic E-state index is -4.83. The second-order valence-electron chi connectivity index (χ2n) is 7.96. The smallest absolute Gasteiger partial charge is 0.365 e. The molecule has 0 radical (unpaired) electrons. The van der Waals surface area contributed by atoms with Gasteiger partial charge in [0, 0.05) is 25.4 Å². The summed E-state index contributed by atoms with van der Waals surface area (Å²) in [4.78, 5) is 19.4. The van der Waals surface area contributed by atoms with E-state index >= 15 is 0 Å². The maximum atomic E-state index is 14.6. The van der Waals surface area contributed by atoms with Gasteiger partial charge in [-0.15, -0.1) is 0 Å². The summed E-state index contributed by atoms with van der Waals surface area (Å²) in [7, 11) is -2.56. The van der Waals surface area contributed by atoms with Crippen molar-refractivity contribution < 1.29 is 30.8 Å². The second kappa shape index (κ2) is 9.26. The van der Waals surface area contributed by atoms with Crippen molar-refractivity contribution in [2.75, 3.05) is 33.6 Å². The number of carbonyl (C=O) groups excluding carboxylic acids is 1. The lowest BCUT2D eigenvalue weighted by molar-refractivity contribution is -0.137. The van der Waals surface area contributed by atoms with Crippen molar-refractivity contribution in [3.05, 3.63) is 65.1 Å². The number of benzene rings is 2. The van der Waals surface area contributed by atoms with Crippen LogP contribution in [0.25, 0.3) is 0 Å². The number of fused-ring (bicyclic) bond motifs is 1. The molecule has 1 aromatic heterocycles. The van der Waals surface area contributed by atoms with Gasteiger partial charge in [0.1, 0.15) is 17.2 Å². The Bertz CT molecular complexity index is 1450. The van der Waals surface area contributed by atoms with Gasteiger partial charge >= 0.3 is 6.18 Å². The van der Waals surface area contributed by atoms with E-state index in [1.165, 1.54) is 19.2 Å². The monoisotopic (exact) mass is 524 g/mol. The van der Waals surface area contributed by atoms with Crippen LogP contribution in [0.5, 0.6) is 0 Å². The molecule has 190 valence electrons. The number of amides is 1. The highest BCUT2D eigenvalue weighted by atomic mass is 32.2. The maximum absolute atomic E-state index is 14.6. The lowest BCUT2D eigenvalue weighted by Gasteiger charge is -2.21. The molecule has 14 heteroatoms. The van der Waals surface area contributed by atoms with Gasteiger partial charge in [-0.05, 0) is 23.8 Å². The summed E-state index contributed by atoms with van der Waals surface area (Å²) in [5.41, 5.74) is 0.152. The van der Waals surface area contributed by atoms with Crippen molar-refractivity contribution in [3.8, 4) is 0 Å². The number of rotatable bonds is 7. The number of carbonyl (C=O) groups is 1. The summed E-state index contributed by atoms with van der Waals surface area (Å²) >= 11 is 0. The Hall–Kier alpha value is -3.94. The fourth-order valence-electron chi connectivity index (χ4n) is 3.63. The van der Waals surface area contributed by atoms with E-state index in [0.29, 0.717) is 23.1 Å². The fraction of sp³-hybridized carbons (Fsp3) is 0.227. The third-order valence-corrected chi connectivity index (χ3v) is 6.66. The van der Waals surface area contributed by atoms with Crippen LogP contribution >= 0.6 is 0 Å². The van der Waals surface area contributed by atoms with Gasteiger partial charge in [0.2, 0.25) is 21.9 Å². The highest BCUT2D eigenvalue weighted by Crippen LogP contribution is 2.36. The van der Waals surface area contributed by atoms with Crippen LogP contribution in [0.1, 0.15) is 16.7 Å². The van der Waals surface area contributed by atoms with E-state index in [1.807, 2.05) is 0 Å². The molecule has 3 N–H and O–H groups in total. The van der Waals surface area contributed by atoms with Crippen molar-refractivity contribution in [1.29, 1.82) is 0 Å². The van der Waals surface area contributed by atoms with Crippen LogP contribution in [0.3, 0.4) is 0 Å². The van der Waals surface area contributed by atoms with Gasteiger partial charge in [-0.1, -0.05) is 18.2 Å². The average Bonchev–Trinajstić information content (AvgIpc) is 3.17. The van der Waals surface area contributed by atoms with Crippen LogP contribution < -0.4 is 20.3 Å². The lowest BCUT2D eigenvalue weighted by Crippen LogP contribution is -2.26. The molecule has 3 aromatic rings. The highest BCUT2D eigenvalue weighted by molar-refractivity contribution is 7.92. The minimum Gasteiger partial charge on any atom is -0.365 e. The molecule has 9 nitrogen and oxygen atoms in total. The van der Waals surface area contributed by atoms with Gasteiger partial charge in [-0.25, -0.2) is 17.8 Å². The Kier molecular flexibility index (Phi) is 6.47. The van der Waals surface area contributed by atoms with Crippen LogP contribution in [0, 0.1) is 5.82 Å². The Balaban J connectivity index is 1.67. The van der Waals surface area contributed by atoms with E-state index in [0.717, 1.165) is 16.6 Å². The summed E-state index contributed by atoms with van der Waals surface area (Å²) in [5.74, 6) is -1.89. The molecule has 0 saturated carbocycles. The maximum Gasteiger partial charge on any atom is 0.421 e. The zero-order chi connectivity index (χ0) is 26.3. The Morgan fingerprint density at radius 3 is 2.58 bits per heavy atom. The number of nitrogens with one attached hydrogen (secondary N) is 3. The molecule has 0 unspecified atom stereocenters. The number of nitrogens with zero attached hydrogens (tertiary/aromatic N) is 3. The summed E-state index contributed by atoms with van der Waals surface area (Å²) in [6.07, 6.45) is -3.17. The van der Waals surface area contributed by atoms with Crippen LogP contribution in [-0.4, -0.2) is 37.6 Å². The first-order chi connectivity index (χ1) is 16.8. The molecule has 0 bridgehead atoms. The summed E-state index contributed by atoms with van der Waals surface area (Å²) in [6, 6.07) is 8.70. The largest absolute Gasteiger partial charge is 0.421 e. The minimum absolute atomic E-state index is 0.0402. The first kappa shape index (κ1) is 25.2. The molecule has 0 spiro atoms. The Labute approximate surface area is 203 Å². The number of para-hydroxylation sites is 1. The predicted molar refractivity (Wildman–Crippen MR) is 126 cm³/mol. The van der Waals surface area contributed by atoms with Crippen LogP contribution in [-0.2, 0) is 34.0 Å². The summed E-state index contributed by atoms with van der Waals surface area (Å²) in [6.45, 7) is -0.502. The summed E-state index contributed by atoms with van der Waals surface area (Å²) < 4.78 is 80.3. The SMILES string of the molecule is CN(c1cccc(F)c1CNc1nc(Nc2cccc3c2NC(=O)C3)ncc1C(F)(F)F)S(C)(=O)=O. The number of anilines is 5. The molecular weight excluding hydrogens is 504 g/mol. The Morgan fingerprint density at radius 2 is 1.89 bits per heavy atom. The van der Waals surface area contributed by atoms with Crippen LogP contribution in [0.2, 0.25) is 0 Å². The molecule has 0 atom stereocenters. The molecule has 36 heavy (non-hydrogen) atoms. The number of hydrogen-bond donors (Lipinski definition) is 3. The van der Waals surface area contributed by atoms with E-state index in [1.54, 1.807) is 18.2 Å². The van der Waals surface area contributed by atoms with Gasteiger partial charge in [0.25, 0.3) is 0 Å². The van der Waals surface area contributed by atoms with Gasteiger partial charge < -0.3 is 16.0 Å². The molecule has 1 aliphatic heterocycles. The molecular formula is C22H20F4N6O3S. The number of alkyl halides is 3. The molecule has 2 heterocycles. The normalized spacial score (nSPS) is 13.2. The fourth-order valence-corrected chi connectivity index (χ4v) is 4.16. The zero-order valence-corrected chi connectivity index (χ0v) is 19.8. The van der Waals surface area contributed by atoms with Crippen LogP contribution in [0.4, 0.5) is 46.4 Å². The van der Waals surface area contributed by atoms with Gasteiger partial charge in [-0.2, -0.15) is 18.2 Å². The van der Waals surface area contributed by atoms with E-state index < -0.39 is 39.9 Å². The average molecular weight is 525 g/mol. The van der Waals surface area contributed by atoms with Crippen molar-refractivity contribution >= 4 is 44.8 Å². The quantitative estimate of drug-likeness (QED) is 0.402. The van der Waals surface area contributed by atoms with Crippen molar-refractivity contribution in [1.82, 2.24) is 9.97 Å². The Morgan fingerprint density at radius 1 is 1.17 bits per heavy atom. The lowest BCUT2D eigenvalue weighted by atomic mass is 10.1. The predicted octanol–water partition coefficient (Wildman–Crippen LogP) is 3.88. The van der Waals surface area contributed by atoms with Gasteiger partial charge in [-0.3, -0.25) is 9.10 Å². The summed E-state index contributed by atoms with van der Waals surface area (Å²) in [5, 5.41) is 7.93. The molecule has 0 fully saturated rings. The molecule has 4 rings (SSSR count). The molecule has 1 aliphatic rings. The molecule has 2 aromatic carbocycles. The molecule has 1 amide bonds. The van der Waals surface area contributed by atoms with Crippen molar-refractivity contribution in [2.24, 2.45) is 0 Å². The number of halogens is 4. The van der Waals surface area contributed by atoms with Gasteiger partial charge in [0.05, 0.1) is 29.7 Å². The topological polar surface area (TPSA) is 116 Å². The number of sulfonamides is 1. The first-order valence-corrected chi connectivity index (χ1v) is 12.3. The van der Waals surface area contributed by atoms with Crippen molar-refractivity contribution in [3.63, 3.8) is 0 Å². The zero-order valence-electron chi connectivity index (χ0n) is 18.9. The van der Waals surface area contributed by atoms with E-state index in [2.05, 4.69) is 25.9 Å². The number of aromatic nitrogens is 2. The highest BCUT2D eigenvalue weighted by Gasteiger charge is 2.35. The second-order valence-corrected chi connectivity index (χ2v) is 9.98. The first-order valence-electron chi connectivity index (χ1n) is 10.4. The van der Waals surface area contributed by atoms with E-state index in [4.69, 9.17) is 0 Å². The van der Waals surface area contributed by atoms with Crippen LogP contribution in [0.15, 0.2) is 42.6 Å². The molecule has 0 saturated heterocycles. The third-order valence-electron chi connectivity index (χ3n) is 5.47. The van der Waals surface area contributed by atoms with Crippen molar-refractivity contribution in [2.45, 2.75) is 19.1 Å². The van der Waals surface area contributed by atoms with E-state index in [9.17, 15) is 30.8 Å². The number of hydrogen-bond acceptors (Lipinski definition) is 7. The third kappa shape index (κ3) is 5.17. The standard InChI is InChI=1S/C22H20F4N6O3S/c1-32(36(2,34)35)17-8-4-6-15(23)13(17)10-27-20-14(22(24,25)26)11-28-21(31-20)29-16-7-3-5-12-9-18(33)30-19(12)16/h3-8,11H,9-10H2,1-2H3,(H,30,33)(H2,27,28,29,31). The van der Waals surface area contributed by atoms with E-state index in [-0.39, 0.29) is 29.5 Å². The van der Waals surface area contributed by atoms with Gasteiger partial charge in [0.15, 0.2) is 0 Å². The molecule has 0 aliphatic carbocycles.